The van der Waals surface area contributed by atoms with Gasteiger partial charge in [0.2, 0.25) is 0 Å². The number of halogens is 3. The molecule has 3 unspecified atom stereocenters. The Hall–Kier alpha value is -3.21. The Morgan fingerprint density at radius 3 is 1.94 bits per heavy atom. The highest BCUT2D eigenvalue weighted by Gasteiger charge is 2.49. The minimum absolute atomic E-state index is 0.0709. The standard InChI is InChI=1S/C26H23F3N2/c1-3-10-18-17(2)25-30(21-13-6-4-11-19(18)21)23-15-8-9-16-24(23)31(25)22-14-7-5-12-20(22)26(27,28)29/h3-9,11-18,25H,1,10H2,2H3. The summed E-state index contributed by atoms with van der Waals surface area (Å²) in [6.45, 7) is 6.07. The van der Waals surface area contributed by atoms with Crippen LogP contribution in [0.2, 0.25) is 0 Å². The minimum atomic E-state index is -4.44. The lowest BCUT2D eigenvalue weighted by atomic mass is 9.78. The van der Waals surface area contributed by atoms with Crippen LogP contribution >= 0.6 is 0 Å². The largest absolute Gasteiger partial charge is 0.418 e. The molecule has 3 aromatic rings. The zero-order chi connectivity index (χ0) is 21.8. The number of fused-ring (bicyclic) bond motifs is 5. The monoisotopic (exact) mass is 420 g/mol. The van der Waals surface area contributed by atoms with Crippen LogP contribution in [-0.4, -0.2) is 6.17 Å². The fraction of sp³-hybridized carbons (Fsp3) is 0.231. The summed E-state index contributed by atoms with van der Waals surface area (Å²) >= 11 is 0. The maximum Gasteiger partial charge on any atom is 0.418 e. The van der Waals surface area contributed by atoms with Gasteiger partial charge in [-0.15, -0.1) is 6.58 Å². The number of rotatable bonds is 3. The molecule has 0 N–H and O–H groups in total. The lowest BCUT2D eigenvalue weighted by molar-refractivity contribution is -0.137. The van der Waals surface area contributed by atoms with Crippen LogP contribution in [0.5, 0.6) is 0 Å². The van der Waals surface area contributed by atoms with Crippen LogP contribution in [0, 0.1) is 5.92 Å². The number of para-hydroxylation sites is 4. The van der Waals surface area contributed by atoms with Gasteiger partial charge in [0.1, 0.15) is 6.17 Å². The van der Waals surface area contributed by atoms with Gasteiger partial charge in [-0.1, -0.05) is 55.5 Å². The van der Waals surface area contributed by atoms with E-state index in [0.717, 1.165) is 23.5 Å². The van der Waals surface area contributed by atoms with Crippen molar-refractivity contribution in [3.05, 3.63) is 96.6 Å². The molecule has 3 atom stereocenters. The molecule has 0 aromatic heterocycles. The molecule has 0 amide bonds. The highest BCUT2D eigenvalue weighted by atomic mass is 19.4. The molecular formula is C26H23F3N2. The molecule has 2 heterocycles. The van der Waals surface area contributed by atoms with E-state index in [1.807, 2.05) is 47.4 Å². The Morgan fingerprint density at radius 2 is 1.32 bits per heavy atom. The van der Waals surface area contributed by atoms with Gasteiger partial charge in [0.05, 0.1) is 22.6 Å². The van der Waals surface area contributed by atoms with Gasteiger partial charge >= 0.3 is 6.18 Å². The third-order valence-electron chi connectivity index (χ3n) is 6.52. The molecule has 0 radical (unpaired) electrons. The van der Waals surface area contributed by atoms with Gasteiger partial charge < -0.3 is 9.80 Å². The molecule has 0 saturated heterocycles. The van der Waals surface area contributed by atoms with Crippen molar-refractivity contribution < 1.29 is 13.2 Å². The third kappa shape index (κ3) is 2.94. The molecule has 0 fully saturated rings. The fourth-order valence-electron chi connectivity index (χ4n) is 5.24. The van der Waals surface area contributed by atoms with Crippen molar-refractivity contribution >= 4 is 22.7 Å². The van der Waals surface area contributed by atoms with E-state index in [4.69, 9.17) is 0 Å². The van der Waals surface area contributed by atoms with Crippen molar-refractivity contribution in [3.8, 4) is 0 Å². The van der Waals surface area contributed by atoms with Crippen LogP contribution in [0.4, 0.5) is 35.9 Å². The number of nitrogens with zero attached hydrogens (tertiary/aromatic N) is 2. The number of anilines is 4. The first-order chi connectivity index (χ1) is 14.9. The molecule has 0 aliphatic carbocycles. The predicted octanol–water partition coefficient (Wildman–Crippen LogP) is 7.63. The van der Waals surface area contributed by atoms with Crippen molar-refractivity contribution in [1.29, 1.82) is 0 Å². The predicted molar refractivity (Wildman–Crippen MR) is 119 cm³/mol. The van der Waals surface area contributed by atoms with Crippen molar-refractivity contribution in [2.45, 2.75) is 31.6 Å². The quantitative estimate of drug-likeness (QED) is 0.402. The van der Waals surface area contributed by atoms with Crippen molar-refractivity contribution in [2.75, 3.05) is 9.80 Å². The highest BCUT2D eigenvalue weighted by molar-refractivity contribution is 5.90. The van der Waals surface area contributed by atoms with Crippen LogP contribution in [0.25, 0.3) is 0 Å². The number of allylic oxidation sites excluding steroid dienone is 1. The van der Waals surface area contributed by atoms with Gasteiger partial charge in [0.25, 0.3) is 0 Å². The first kappa shape index (κ1) is 19.7. The van der Waals surface area contributed by atoms with E-state index in [1.54, 1.807) is 12.1 Å². The summed E-state index contributed by atoms with van der Waals surface area (Å²) < 4.78 is 41.9. The average molecular weight is 420 g/mol. The molecular weight excluding hydrogens is 397 g/mol. The summed E-state index contributed by atoms with van der Waals surface area (Å²) in [5.41, 5.74) is 3.58. The smallest absolute Gasteiger partial charge is 0.318 e. The molecule has 0 saturated carbocycles. The first-order valence-electron chi connectivity index (χ1n) is 10.5. The highest BCUT2D eigenvalue weighted by Crippen LogP contribution is 2.57. The van der Waals surface area contributed by atoms with Crippen molar-refractivity contribution in [2.24, 2.45) is 5.92 Å². The Labute approximate surface area is 180 Å². The summed E-state index contributed by atoms with van der Waals surface area (Å²) in [7, 11) is 0. The van der Waals surface area contributed by atoms with E-state index < -0.39 is 11.7 Å². The molecule has 158 valence electrons. The third-order valence-corrected chi connectivity index (χ3v) is 6.52. The Balaban J connectivity index is 1.77. The minimum Gasteiger partial charge on any atom is -0.318 e. The van der Waals surface area contributed by atoms with Gasteiger partial charge in [-0.2, -0.15) is 13.2 Å². The molecule has 2 nitrogen and oxygen atoms in total. The second-order valence-electron chi connectivity index (χ2n) is 8.21. The second kappa shape index (κ2) is 7.19. The van der Waals surface area contributed by atoms with E-state index in [2.05, 4.69) is 30.5 Å². The Kier molecular flexibility index (Phi) is 4.58. The molecule has 0 spiro atoms. The second-order valence-corrected chi connectivity index (χ2v) is 8.21. The van der Waals surface area contributed by atoms with E-state index in [9.17, 15) is 13.2 Å². The van der Waals surface area contributed by atoms with Gasteiger partial charge in [0, 0.05) is 11.6 Å². The number of alkyl halides is 3. The SMILES string of the molecule is C=CCC1c2ccccc2N2c3ccccc3N(c3ccccc3C(F)(F)F)C2C1C. The number of hydrogen-bond donors (Lipinski definition) is 0. The van der Waals surface area contributed by atoms with Crippen molar-refractivity contribution in [1.82, 2.24) is 0 Å². The van der Waals surface area contributed by atoms with Crippen LogP contribution < -0.4 is 9.80 Å². The summed E-state index contributed by atoms with van der Waals surface area (Å²) in [6.07, 6.45) is -2.02. The molecule has 31 heavy (non-hydrogen) atoms. The maximum absolute atomic E-state index is 14.0. The summed E-state index contributed by atoms with van der Waals surface area (Å²) in [5, 5.41) is 0. The van der Waals surface area contributed by atoms with Crippen molar-refractivity contribution in [3.63, 3.8) is 0 Å². The van der Waals surface area contributed by atoms with Gasteiger partial charge in [0.15, 0.2) is 0 Å². The van der Waals surface area contributed by atoms with Gasteiger partial charge in [-0.05, 0) is 48.2 Å². The van der Waals surface area contributed by atoms with E-state index in [0.29, 0.717) is 0 Å². The van der Waals surface area contributed by atoms with Crippen LogP contribution in [0.1, 0.15) is 30.4 Å². The molecule has 5 rings (SSSR count). The number of hydrogen-bond acceptors (Lipinski definition) is 2. The normalized spacial score (nSPS) is 22.0. The topological polar surface area (TPSA) is 6.48 Å². The Bertz CT molecular complexity index is 1140. The molecule has 2 aliphatic rings. The average Bonchev–Trinajstić information content (AvgIpc) is 3.11. The van der Waals surface area contributed by atoms with Gasteiger partial charge in [-0.25, -0.2) is 0 Å². The summed E-state index contributed by atoms with van der Waals surface area (Å²) in [5.74, 6) is 0.242. The van der Waals surface area contributed by atoms with Crippen LogP contribution in [0.15, 0.2) is 85.5 Å². The molecule has 5 heteroatoms. The molecule has 0 bridgehead atoms. The van der Waals surface area contributed by atoms with Gasteiger partial charge in [-0.3, -0.25) is 0 Å². The first-order valence-corrected chi connectivity index (χ1v) is 10.5. The summed E-state index contributed by atoms with van der Waals surface area (Å²) in [6, 6.07) is 21.8. The molecule has 2 aliphatic heterocycles. The fourth-order valence-corrected chi connectivity index (χ4v) is 5.24. The van der Waals surface area contributed by atoms with Crippen LogP contribution in [-0.2, 0) is 6.18 Å². The van der Waals surface area contributed by atoms with E-state index in [1.165, 1.54) is 17.7 Å². The zero-order valence-electron chi connectivity index (χ0n) is 17.2. The van der Waals surface area contributed by atoms with E-state index >= 15 is 0 Å². The lowest BCUT2D eigenvalue weighted by Crippen LogP contribution is -2.48. The lowest BCUT2D eigenvalue weighted by Gasteiger charge is -2.46. The Morgan fingerprint density at radius 1 is 0.806 bits per heavy atom. The maximum atomic E-state index is 14.0. The molecule has 3 aromatic carbocycles. The van der Waals surface area contributed by atoms with Crippen LogP contribution in [0.3, 0.4) is 0 Å². The van der Waals surface area contributed by atoms with E-state index in [-0.39, 0.29) is 23.7 Å². The zero-order valence-corrected chi connectivity index (χ0v) is 17.2. The number of benzene rings is 3. The summed E-state index contributed by atoms with van der Waals surface area (Å²) in [4.78, 5) is 4.09.